The Bertz CT molecular complexity index is 599. The maximum Gasteiger partial charge on any atom is 0.336 e. The second-order valence-corrected chi connectivity index (χ2v) is 5.41. The van der Waals surface area contributed by atoms with Crippen molar-refractivity contribution in [3.05, 3.63) is 58.1 Å². The van der Waals surface area contributed by atoms with E-state index in [1.54, 1.807) is 18.2 Å². The molecule has 0 aliphatic rings. The number of hydrogen-bond donors (Lipinski definition) is 1. The second-order valence-electron chi connectivity index (χ2n) is 3.48. The summed E-state index contributed by atoms with van der Waals surface area (Å²) in [5.41, 5.74) is 0.212. The monoisotopic (exact) mass is 298 g/mol. The molecule has 0 bridgehead atoms. The van der Waals surface area contributed by atoms with Gasteiger partial charge in [-0.3, -0.25) is 0 Å². The van der Waals surface area contributed by atoms with E-state index in [9.17, 15) is 4.79 Å². The number of aromatic carboxylic acids is 1. The minimum Gasteiger partial charge on any atom is -0.478 e. The largest absolute Gasteiger partial charge is 0.478 e. The van der Waals surface area contributed by atoms with E-state index in [4.69, 9.17) is 28.3 Å². The molecule has 2 aromatic rings. The second kappa shape index (κ2) is 5.65. The Kier molecular flexibility index (Phi) is 4.17. The van der Waals surface area contributed by atoms with Crippen LogP contribution in [0, 0.1) is 0 Å². The van der Waals surface area contributed by atoms with Gasteiger partial charge >= 0.3 is 5.97 Å². The SMILES string of the molecule is O=C(O)c1ccc(Cl)cc1Sc1ccccc1Cl. The van der Waals surface area contributed by atoms with E-state index in [2.05, 4.69) is 0 Å². The molecule has 92 valence electrons. The predicted octanol–water partition coefficient (Wildman–Crippen LogP) is 4.84. The summed E-state index contributed by atoms with van der Waals surface area (Å²) in [6.45, 7) is 0. The Morgan fingerprint density at radius 2 is 1.78 bits per heavy atom. The van der Waals surface area contributed by atoms with Crippen LogP contribution in [0.2, 0.25) is 10.0 Å². The predicted molar refractivity (Wildman–Crippen MR) is 74.0 cm³/mol. The van der Waals surface area contributed by atoms with Gasteiger partial charge in [0.25, 0.3) is 0 Å². The highest BCUT2D eigenvalue weighted by Crippen LogP contribution is 2.36. The maximum absolute atomic E-state index is 11.1. The van der Waals surface area contributed by atoms with Crippen molar-refractivity contribution in [3.63, 3.8) is 0 Å². The molecule has 0 heterocycles. The lowest BCUT2D eigenvalue weighted by atomic mass is 10.2. The molecule has 2 aromatic carbocycles. The van der Waals surface area contributed by atoms with E-state index in [0.717, 1.165) is 4.90 Å². The van der Waals surface area contributed by atoms with Crippen molar-refractivity contribution in [3.8, 4) is 0 Å². The fourth-order valence-corrected chi connectivity index (χ4v) is 2.89. The molecule has 2 rings (SSSR count). The molecule has 0 aromatic heterocycles. The van der Waals surface area contributed by atoms with Gasteiger partial charge in [0.15, 0.2) is 0 Å². The molecular weight excluding hydrogens is 291 g/mol. The number of rotatable bonds is 3. The van der Waals surface area contributed by atoms with Gasteiger partial charge in [0, 0.05) is 14.8 Å². The van der Waals surface area contributed by atoms with Crippen LogP contribution in [0.15, 0.2) is 52.3 Å². The highest BCUT2D eigenvalue weighted by Gasteiger charge is 2.12. The molecule has 0 aliphatic heterocycles. The van der Waals surface area contributed by atoms with Gasteiger partial charge in [-0.15, -0.1) is 0 Å². The Balaban J connectivity index is 2.42. The zero-order valence-electron chi connectivity index (χ0n) is 9.06. The van der Waals surface area contributed by atoms with Crippen LogP contribution in [-0.4, -0.2) is 11.1 Å². The van der Waals surface area contributed by atoms with Gasteiger partial charge < -0.3 is 5.11 Å². The lowest BCUT2D eigenvalue weighted by Gasteiger charge is -2.07. The van der Waals surface area contributed by atoms with Gasteiger partial charge in [-0.2, -0.15) is 0 Å². The molecule has 0 unspecified atom stereocenters. The lowest BCUT2D eigenvalue weighted by Crippen LogP contribution is -1.98. The lowest BCUT2D eigenvalue weighted by molar-refractivity contribution is 0.0693. The van der Waals surface area contributed by atoms with Crippen LogP contribution in [0.4, 0.5) is 0 Å². The van der Waals surface area contributed by atoms with E-state index in [0.29, 0.717) is 14.9 Å². The number of carboxylic acids is 1. The zero-order valence-corrected chi connectivity index (χ0v) is 11.4. The molecule has 0 radical (unpaired) electrons. The summed E-state index contributed by atoms with van der Waals surface area (Å²) in [5.74, 6) is -0.985. The molecule has 0 saturated carbocycles. The number of halogens is 2. The molecule has 1 N–H and O–H groups in total. The van der Waals surface area contributed by atoms with Gasteiger partial charge in [-0.05, 0) is 30.3 Å². The van der Waals surface area contributed by atoms with Crippen LogP contribution < -0.4 is 0 Å². The standard InChI is InChI=1S/C13H8Cl2O2S/c14-8-5-6-9(13(16)17)12(7-8)18-11-4-2-1-3-10(11)15/h1-7H,(H,16,17). The zero-order chi connectivity index (χ0) is 13.1. The van der Waals surface area contributed by atoms with Gasteiger partial charge in [0.05, 0.1) is 10.6 Å². The average molecular weight is 299 g/mol. The number of benzene rings is 2. The van der Waals surface area contributed by atoms with Crippen molar-refractivity contribution in [2.45, 2.75) is 9.79 Å². The van der Waals surface area contributed by atoms with Crippen molar-refractivity contribution in [2.75, 3.05) is 0 Å². The van der Waals surface area contributed by atoms with Crippen molar-refractivity contribution >= 4 is 40.9 Å². The molecule has 5 heteroatoms. The van der Waals surface area contributed by atoms with Crippen LogP contribution in [0.3, 0.4) is 0 Å². The highest BCUT2D eigenvalue weighted by molar-refractivity contribution is 7.99. The fraction of sp³-hybridized carbons (Fsp3) is 0. The van der Waals surface area contributed by atoms with Gasteiger partial charge in [0.1, 0.15) is 0 Å². The third-order valence-corrected chi connectivity index (χ3v) is 4.04. The van der Waals surface area contributed by atoms with E-state index < -0.39 is 5.97 Å². The normalized spacial score (nSPS) is 10.3. The summed E-state index contributed by atoms with van der Waals surface area (Å²) in [5, 5.41) is 10.2. The van der Waals surface area contributed by atoms with Gasteiger partial charge in [-0.1, -0.05) is 47.1 Å². The highest BCUT2D eigenvalue weighted by atomic mass is 35.5. The van der Waals surface area contributed by atoms with Gasteiger partial charge in [-0.25, -0.2) is 4.79 Å². The average Bonchev–Trinajstić information content (AvgIpc) is 2.32. The third kappa shape index (κ3) is 2.99. The van der Waals surface area contributed by atoms with Crippen LogP contribution in [0.5, 0.6) is 0 Å². The Hall–Kier alpha value is -1.16. The van der Waals surface area contributed by atoms with Gasteiger partial charge in [0.2, 0.25) is 0 Å². The molecule has 0 aliphatic carbocycles. The first-order valence-corrected chi connectivity index (χ1v) is 6.60. The first kappa shape index (κ1) is 13.3. The maximum atomic E-state index is 11.1. The van der Waals surface area contributed by atoms with Crippen LogP contribution in [0.25, 0.3) is 0 Å². The minimum absolute atomic E-state index is 0.212. The Morgan fingerprint density at radius 1 is 1.06 bits per heavy atom. The van der Waals surface area contributed by atoms with Crippen molar-refractivity contribution in [1.29, 1.82) is 0 Å². The summed E-state index contributed by atoms with van der Waals surface area (Å²) < 4.78 is 0. The van der Waals surface area contributed by atoms with Crippen LogP contribution in [0.1, 0.15) is 10.4 Å². The molecule has 0 fully saturated rings. The molecule has 0 spiro atoms. The Labute approximate surface area is 119 Å². The quantitative estimate of drug-likeness (QED) is 0.881. The topological polar surface area (TPSA) is 37.3 Å². The smallest absolute Gasteiger partial charge is 0.336 e. The summed E-state index contributed by atoms with van der Waals surface area (Å²) in [6, 6.07) is 11.9. The van der Waals surface area contributed by atoms with E-state index in [1.165, 1.54) is 17.8 Å². The number of hydrogen-bond acceptors (Lipinski definition) is 2. The molecule has 0 saturated heterocycles. The van der Waals surface area contributed by atoms with E-state index in [1.807, 2.05) is 18.2 Å². The number of carboxylic acid groups (broad SMARTS) is 1. The van der Waals surface area contributed by atoms with E-state index >= 15 is 0 Å². The van der Waals surface area contributed by atoms with Crippen LogP contribution in [-0.2, 0) is 0 Å². The summed E-state index contributed by atoms with van der Waals surface area (Å²) in [4.78, 5) is 12.5. The summed E-state index contributed by atoms with van der Waals surface area (Å²) >= 11 is 13.2. The molecule has 0 amide bonds. The fourth-order valence-electron chi connectivity index (χ4n) is 1.40. The van der Waals surface area contributed by atoms with E-state index in [-0.39, 0.29) is 5.56 Å². The first-order chi connectivity index (χ1) is 8.58. The third-order valence-electron chi connectivity index (χ3n) is 2.23. The molecular formula is C13H8Cl2O2S. The minimum atomic E-state index is -0.985. The Morgan fingerprint density at radius 3 is 2.44 bits per heavy atom. The molecule has 18 heavy (non-hydrogen) atoms. The summed E-state index contributed by atoms with van der Waals surface area (Å²) in [7, 11) is 0. The van der Waals surface area contributed by atoms with Crippen molar-refractivity contribution < 1.29 is 9.90 Å². The van der Waals surface area contributed by atoms with Crippen molar-refractivity contribution in [1.82, 2.24) is 0 Å². The molecule has 2 nitrogen and oxygen atoms in total. The van der Waals surface area contributed by atoms with Crippen molar-refractivity contribution in [2.24, 2.45) is 0 Å². The first-order valence-electron chi connectivity index (χ1n) is 5.03. The summed E-state index contributed by atoms with van der Waals surface area (Å²) in [6.07, 6.45) is 0. The van der Waals surface area contributed by atoms with Crippen LogP contribution >= 0.6 is 35.0 Å². The number of carbonyl (C=O) groups is 1. The molecule has 0 atom stereocenters.